The molecule has 21 heavy (non-hydrogen) atoms. The van der Waals surface area contributed by atoms with Crippen molar-refractivity contribution in [1.29, 1.82) is 0 Å². The normalized spacial score (nSPS) is 12.0. The zero-order valence-electron chi connectivity index (χ0n) is 11.6. The van der Waals surface area contributed by atoms with E-state index >= 15 is 0 Å². The predicted molar refractivity (Wildman–Crippen MR) is 77.9 cm³/mol. The van der Waals surface area contributed by atoms with Gasteiger partial charge in [0.2, 0.25) is 0 Å². The molecule has 0 aliphatic carbocycles. The highest BCUT2D eigenvalue weighted by Crippen LogP contribution is 2.27. The number of benzene rings is 2. The van der Waals surface area contributed by atoms with E-state index in [0.29, 0.717) is 16.8 Å². The van der Waals surface area contributed by atoms with Gasteiger partial charge < -0.3 is 10.4 Å². The highest BCUT2D eigenvalue weighted by atomic mass is 19.1. The summed E-state index contributed by atoms with van der Waals surface area (Å²) in [7, 11) is 0. The van der Waals surface area contributed by atoms with Crippen LogP contribution in [0.1, 0.15) is 24.1 Å². The van der Waals surface area contributed by atoms with Crippen molar-refractivity contribution in [1.82, 2.24) is 0 Å². The summed E-state index contributed by atoms with van der Waals surface area (Å²) in [5, 5.41) is 23.0. The smallest absolute Gasteiger partial charge is 0.269 e. The van der Waals surface area contributed by atoms with Crippen LogP contribution in [-0.4, -0.2) is 10.0 Å². The molecule has 0 spiro atoms. The Morgan fingerprint density at radius 3 is 2.57 bits per heavy atom. The van der Waals surface area contributed by atoms with Gasteiger partial charge >= 0.3 is 0 Å². The van der Waals surface area contributed by atoms with Crippen molar-refractivity contribution in [2.75, 3.05) is 5.32 Å². The van der Waals surface area contributed by atoms with Crippen molar-refractivity contribution in [2.24, 2.45) is 0 Å². The molecule has 0 amide bonds. The SMILES string of the molecule is Cc1cc([N+](=O)[O-])ccc1NC(C)c1ccc(O)cc1F. The highest BCUT2D eigenvalue weighted by Gasteiger charge is 2.14. The number of phenols is 1. The van der Waals surface area contributed by atoms with E-state index in [1.165, 1.54) is 24.3 Å². The third kappa shape index (κ3) is 3.28. The van der Waals surface area contributed by atoms with Gasteiger partial charge in [-0.3, -0.25) is 10.1 Å². The molecule has 0 saturated heterocycles. The van der Waals surface area contributed by atoms with Crippen LogP contribution in [0.3, 0.4) is 0 Å². The van der Waals surface area contributed by atoms with Crippen molar-refractivity contribution in [2.45, 2.75) is 19.9 Å². The molecular weight excluding hydrogens is 275 g/mol. The molecule has 0 radical (unpaired) electrons. The molecule has 5 nitrogen and oxygen atoms in total. The molecule has 0 aliphatic rings. The van der Waals surface area contributed by atoms with E-state index in [0.717, 1.165) is 6.07 Å². The molecule has 110 valence electrons. The van der Waals surface area contributed by atoms with E-state index in [2.05, 4.69) is 5.32 Å². The molecular formula is C15H15FN2O3. The van der Waals surface area contributed by atoms with Crippen molar-refractivity contribution in [3.63, 3.8) is 0 Å². The highest BCUT2D eigenvalue weighted by molar-refractivity contribution is 5.56. The summed E-state index contributed by atoms with van der Waals surface area (Å²) in [6.07, 6.45) is 0. The Balaban J connectivity index is 2.23. The molecule has 0 aromatic heterocycles. The Kier molecular flexibility index (Phi) is 4.07. The summed E-state index contributed by atoms with van der Waals surface area (Å²) >= 11 is 0. The summed E-state index contributed by atoms with van der Waals surface area (Å²) < 4.78 is 13.8. The quantitative estimate of drug-likeness (QED) is 0.661. The maximum Gasteiger partial charge on any atom is 0.269 e. The Morgan fingerprint density at radius 2 is 2.00 bits per heavy atom. The molecule has 2 N–H and O–H groups in total. The van der Waals surface area contributed by atoms with Gasteiger partial charge in [-0.2, -0.15) is 0 Å². The maximum absolute atomic E-state index is 13.8. The van der Waals surface area contributed by atoms with Crippen molar-refractivity contribution < 1.29 is 14.4 Å². The van der Waals surface area contributed by atoms with E-state index in [1.54, 1.807) is 19.9 Å². The first-order valence-electron chi connectivity index (χ1n) is 6.38. The number of non-ortho nitro benzene ring substituents is 1. The lowest BCUT2D eigenvalue weighted by atomic mass is 10.1. The first-order chi connectivity index (χ1) is 9.88. The van der Waals surface area contributed by atoms with E-state index in [9.17, 15) is 19.6 Å². The molecule has 0 saturated carbocycles. The largest absolute Gasteiger partial charge is 0.508 e. The summed E-state index contributed by atoms with van der Waals surface area (Å²) in [6, 6.07) is 8.09. The monoisotopic (exact) mass is 290 g/mol. The van der Waals surface area contributed by atoms with Gasteiger partial charge in [-0.25, -0.2) is 4.39 Å². The van der Waals surface area contributed by atoms with E-state index < -0.39 is 10.7 Å². The topological polar surface area (TPSA) is 75.4 Å². The van der Waals surface area contributed by atoms with Gasteiger partial charge in [0.15, 0.2) is 0 Å². The zero-order chi connectivity index (χ0) is 15.6. The third-order valence-corrected chi connectivity index (χ3v) is 3.24. The number of phenolic OH excluding ortho intramolecular Hbond substituents is 1. The second kappa shape index (κ2) is 5.78. The van der Waals surface area contributed by atoms with E-state index in [-0.39, 0.29) is 17.5 Å². The molecule has 0 heterocycles. The second-order valence-corrected chi connectivity index (χ2v) is 4.83. The summed E-state index contributed by atoms with van der Waals surface area (Å²) in [5.74, 6) is -0.635. The van der Waals surface area contributed by atoms with Gasteiger partial charge in [0.05, 0.1) is 11.0 Å². The maximum atomic E-state index is 13.8. The minimum Gasteiger partial charge on any atom is -0.508 e. The molecule has 0 bridgehead atoms. The number of aryl methyl sites for hydroxylation is 1. The van der Waals surface area contributed by atoms with Crippen LogP contribution in [-0.2, 0) is 0 Å². The fourth-order valence-corrected chi connectivity index (χ4v) is 2.10. The fourth-order valence-electron chi connectivity index (χ4n) is 2.10. The number of aromatic hydroxyl groups is 1. The minimum absolute atomic E-state index is 0.0153. The van der Waals surface area contributed by atoms with Crippen LogP contribution in [0.25, 0.3) is 0 Å². The number of anilines is 1. The molecule has 2 aromatic carbocycles. The first kappa shape index (κ1) is 14.8. The molecule has 0 aliphatic heterocycles. The predicted octanol–water partition coefficient (Wildman–Crippen LogP) is 3.92. The molecule has 0 fully saturated rings. The Hall–Kier alpha value is -2.63. The molecule has 2 aromatic rings. The van der Waals surface area contributed by atoms with Crippen molar-refractivity contribution in [3.8, 4) is 5.75 Å². The van der Waals surface area contributed by atoms with E-state index in [1.807, 2.05) is 0 Å². The van der Waals surface area contributed by atoms with Crippen LogP contribution in [0.2, 0.25) is 0 Å². The fraction of sp³-hybridized carbons (Fsp3) is 0.200. The van der Waals surface area contributed by atoms with Crippen LogP contribution in [0.15, 0.2) is 36.4 Å². The third-order valence-electron chi connectivity index (χ3n) is 3.24. The van der Waals surface area contributed by atoms with Crippen LogP contribution >= 0.6 is 0 Å². The van der Waals surface area contributed by atoms with Crippen molar-refractivity contribution in [3.05, 3.63) is 63.5 Å². The number of rotatable bonds is 4. The molecule has 1 atom stereocenters. The number of hydrogen-bond acceptors (Lipinski definition) is 4. The standard InChI is InChI=1S/C15H15FN2O3/c1-9-7-11(18(20)21)3-6-15(9)17-10(2)13-5-4-12(19)8-14(13)16/h3-8,10,17,19H,1-2H3. The van der Waals surface area contributed by atoms with Crippen molar-refractivity contribution >= 4 is 11.4 Å². The van der Waals surface area contributed by atoms with E-state index in [4.69, 9.17) is 0 Å². The summed E-state index contributed by atoms with van der Waals surface area (Å²) in [6.45, 7) is 3.52. The van der Waals surface area contributed by atoms with Crippen LogP contribution in [0, 0.1) is 22.9 Å². The lowest BCUT2D eigenvalue weighted by Crippen LogP contribution is -2.09. The lowest BCUT2D eigenvalue weighted by molar-refractivity contribution is -0.384. The number of nitro benzene ring substituents is 1. The van der Waals surface area contributed by atoms with Gasteiger partial charge in [-0.15, -0.1) is 0 Å². The zero-order valence-corrected chi connectivity index (χ0v) is 11.6. The Bertz CT molecular complexity index is 689. The average molecular weight is 290 g/mol. The van der Waals surface area contributed by atoms with Gasteiger partial charge in [-0.05, 0) is 31.5 Å². The van der Waals surface area contributed by atoms with Gasteiger partial charge in [0.25, 0.3) is 5.69 Å². The first-order valence-corrected chi connectivity index (χ1v) is 6.38. The van der Waals surface area contributed by atoms with Crippen LogP contribution in [0.4, 0.5) is 15.8 Å². The Labute approximate surface area is 121 Å². The number of nitrogens with zero attached hydrogens (tertiary/aromatic N) is 1. The van der Waals surface area contributed by atoms with Gasteiger partial charge in [0.1, 0.15) is 11.6 Å². The molecule has 1 unspecified atom stereocenters. The van der Waals surface area contributed by atoms with Gasteiger partial charge in [0, 0.05) is 29.4 Å². The number of nitro groups is 1. The lowest BCUT2D eigenvalue weighted by Gasteiger charge is -2.18. The average Bonchev–Trinajstić information content (AvgIpc) is 2.40. The van der Waals surface area contributed by atoms with Gasteiger partial charge in [-0.1, -0.05) is 6.07 Å². The number of nitrogens with one attached hydrogen (secondary N) is 1. The van der Waals surface area contributed by atoms with Crippen LogP contribution < -0.4 is 5.32 Å². The minimum atomic E-state index is -0.505. The number of hydrogen-bond donors (Lipinski definition) is 2. The van der Waals surface area contributed by atoms with Crippen LogP contribution in [0.5, 0.6) is 5.75 Å². The summed E-state index contributed by atoms with van der Waals surface area (Å²) in [5.41, 5.74) is 1.82. The number of halogens is 1. The summed E-state index contributed by atoms with van der Waals surface area (Å²) in [4.78, 5) is 10.2. The second-order valence-electron chi connectivity index (χ2n) is 4.83. The molecule has 2 rings (SSSR count). The Morgan fingerprint density at radius 1 is 1.29 bits per heavy atom. The molecule has 6 heteroatoms.